The van der Waals surface area contributed by atoms with Gasteiger partial charge < -0.3 is 15.4 Å². The van der Waals surface area contributed by atoms with Gasteiger partial charge in [0.05, 0.1) is 36.3 Å². The zero-order valence-electron chi connectivity index (χ0n) is 17.2. The van der Waals surface area contributed by atoms with Gasteiger partial charge in [-0.3, -0.25) is 14.6 Å². The lowest BCUT2D eigenvalue weighted by Gasteiger charge is -2.07. The summed E-state index contributed by atoms with van der Waals surface area (Å²) in [5, 5.41) is 10.1. The van der Waals surface area contributed by atoms with Crippen molar-refractivity contribution in [1.82, 2.24) is 20.1 Å². The molecule has 1 saturated heterocycles. The van der Waals surface area contributed by atoms with Crippen molar-refractivity contribution < 1.29 is 14.3 Å². The molecular formula is C23H25N5O3. The van der Waals surface area contributed by atoms with Crippen LogP contribution in [0, 0.1) is 5.92 Å². The third kappa shape index (κ3) is 5.55. The molecule has 8 heteroatoms. The number of nitrogens with zero attached hydrogens (tertiary/aromatic N) is 3. The van der Waals surface area contributed by atoms with E-state index in [2.05, 4.69) is 20.7 Å². The van der Waals surface area contributed by atoms with Crippen LogP contribution < -0.4 is 10.6 Å². The number of aromatic nitrogens is 3. The van der Waals surface area contributed by atoms with E-state index in [4.69, 9.17) is 4.74 Å². The molecule has 0 aliphatic carbocycles. The van der Waals surface area contributed by atoms with Gasteiger partial charge in [0.1, 0.15) is 0 Å². The molecule has 1 atom stereocenters. The number of nitrogens with one attached hydrogen (secondary N) is 2. The standard InChI is InChI=1S/C23H25N5O3/c29-22(25-11-2-4-17-3-1-10-24-13-17)18-5-7-21(8-6-18)28-15-20(14-26-28)27-23(30)19-9-12-31-16-19/h1,3,5-8,10,13-15,19H,2,4,9,11-12,16H2,(H,25,29)(H,27,30). The number of carbonyl (C=O) groups excluding carboxylic acids is 2. The van der Waals surface area contributed by atoms with Crippen molar-refractivity contribution in [2.75, 3.05) is 25.1 Å². The van der Waals surface area contributed by atoms with Gasteiger partial charge in [-0.1, -0.05) is 6.07 Å². The molecule has 1 fully saturated rings. The molecule has 1 aliphatic rings. The minimum Gasteiger partial charge on any atom is -0.381 e. The summed E-state index contributed by atoms with van der Waals surface area (Å²) in [6, 6.07) is 11.1. The second-order valence-electron chi connectivity index (χ2n) is 7.49. The lowest BCUT2D eigenvalue weighted by molar-refractivity contribution is -0.119. The van der Waals surface area contributed by atoms with E-state index in [-0.39, 0.29) is 17.7 Å². The largest absolute Gasteiger partial charge is 0.381 e. The van der Waals surface area contributed by atoms with E-state index in [1.807, 2.05) is 30.5 Å². The Kier molecular flexibility index (Phi) is 6.68. The van der Waals surface area contributed by atoms with Crippen LogP contribution in [0.15, 0.2) is 61.2 Å². The fourth-order valence-electron chi connectivity index (χ4n) is 3.42. The lowest BCUT2D eigenvalue weighted by Crippen LogP contribution is -2.24. The summed E-state index contributed by atoms with van der Waals surface area (Å²) in [6.45, 7) is 1.69. The molecular weight excluding hydrogens is 394 g/mol. The first-order valence-corrected chi connectivity index (χ1v) is 10.4. The van der Waals surface area contributed by atoms with E-state index in [0.29, 0.717) is 31.0 Å². The van der Waals surface area contributed by atoms with Crippen molar-refractivity contribution >= 4 is 17.5 Å². The fraction of sp³-hybridized carbons (Fsp3) is 0.304. The molecule has 0 bridgehead atoms. The van der Waals surface area contributed by atoms with E-state index in [1.54, 1.807) is 35.4 Å². The van der Waals surface area contributed by atoms with Gasteiger partial charge in [-0.2, -0.15) is 5.10 Å². The summed E-state index contributed by atoms with van der Waals surface area (Å²) in [5.41, 5.74) is 3.18. The number of carbonyl (C=O) groups is 2. The molecule has 4 rings (SSSR count). The quantitative estimate of drug-likeness (QED) is 0.547. The van der Waals surface area contributed by atoms with Crippen LogP contribution in [0.4, 0.5) is 5.69 Å². The van der Waals surface area contributed by atoms with Gasteiger partial charge in [0, 0.05) is 31.1 Å². The molecule has 160 valence electrons. The van der Waals surface area contributed by atoms with Gasteiger partial charge in [-0.25, -0.2) is 4.68 Å². The summed E-state index contributed by atoms with van der Waals surface area (Å²) in [5.74, 6) is -0.261. The van der Waals surface area contributed by atoms with Crippen molar-refractivity contribution in [3.63, 3.8) is 0 Å². The van der Waals surface area contributed by atoms with Crippen LogP contribution in [0.5, 0.6) is 0 Å². The third-order valence-electron chi connectivity index (χ3n) is 5.20. The Morgan fingerprint density at radius 1 is 1.16 bits per heavy atom. The Morgan fingerprint density at radius 3 is 2.77 bits per heavy atom. The van der Waals surface area contributed by atoms with Gasteiger partial charge in [0.25, 0.3) is 5.91 Å². The molecule has 2 amide bonds. The second-order valence-corrected chi connectivity index (χ2v) is 7.49. The van der Waals surface area contributed by atoms with Crippen LogP contribution >= 0.6 is 0 Å². The summed E-state index contributed by atoms with van der Waals surface area (Å²) in [4.78, 5) is 28.6. The predicted octanol–water partition coefficient (Wildman–Crippen LogP) is 2.60. The highest BCUT2D eigenvalue weighted by atomic mass is 16.5. The highest BCUT2D eigenvalue weighted by molar-refractivity contribution is 5.94. The number of aryl methyl sites for hydroxylation is 1. The Hall–Kier alpha value is -3.52. The number of benzene rings is 1. The van der Waals surface area contributed by atoms with Crippen molar-refractivity contribution in [1.29, 1.82) is 0 Å². The number of hydrogen-bond donors (Lipinski definition) is 2. The molecule has 0 radical (unpaired) electrons. The van der Waals surface area contributed by atoms with Gasteiger partial charge >= 0.3 is 0 Å². The molecule has 2 aromatic heterocycles. The summed E-state index contributed by atoms with van der Waals surface area (Å²) in [7, 11) is 0. The van der Waals surface area contributed by atoms with Crippen molar-refractivity contribution in [2.24, 2.45) is 5.92 Å². The van der Waals surface area contributed by atoms with Crippen LogP contribution in [-0.2, 0) is 16.0 Å². The molecule has 31 heavy (non-hydrogen) atoms. The predicted molar refractivity (Wildman–Crippen MR) is 116 cm³/mol. The Bertz CT molecular complexity index is 1010. The Balaban J connectivity index is 1.27. The minimum atomic E-state index is -0.107. The normalized spacial score (nSPS) is 15.5. The maximum absolute atomic E-state index is 12.4. The van der Waals surface area contributed by atoms with Crippen LogP contribution in [-0.4, -0.2) is 46.3 Å². The van der Waals surface area contributed by atoms with Gasteiger partial charge in [0.2, 0.25) is 5.91 Å². The SMILES string of the molecule is O=C(NCCCc1cccnc1)c1ccc(-n2cc(NC(=O)C3CCOC3)cn2)cc1. The van der Waals surface area contributed by atoms with E-state index in [1.165, 1.54) is 0 Å². The summed E-state index contributed by atoms with van der Waals surface area (Å²) < 4.78 is 6.92. The van der Waals surface area contributed by atoms with E-state index >= 15 is 0 Å². The smallest absolute Gasteiger partial charge is 0.251 e. The molecule has 2 N–H and O–H groups in total. The molecule has 1 aromatic carbocycles. The molecule has 3 heterocycles. The number of ether oxygens (including phenoxy) is 1. The molecule has 8 nitrogen and oxygen atoms in total. The highest BCUT2D eigenvalue weighted by Crippen LogP contribution is 2.17. The first-order chi connectivity index (χ1) is 15.2. The third-order valence-corrected chi connectivity index (χ3v) is 5.20. The molecule has 1 unspecified atom stereocenters. The van der Waals surface area contributed by atoms with Crippen molar-refractivity contribution in [3.05, 3.63) is 72.3 Å². The van der Waals surface area contributed by atoms with Gasteiger partial charge in [-0.05, 0) is 55.2 Å². The maximum Gasteiger partial charge on any atom is 0.251 e. The van der Waals surface area contributed by atoms with E-state index in [9.17, 15) is 9.59 Å². The van der Waals surface area contributed by atoms with E-state index < -0.39 is 0 Å². The first kappa shape index (κ1) is 20.7. The Morgan fingerprint density at radius 2 is 2.03 bits per heavy atom. The first-order valence-electron chi connectivity index (χ1n) is 10.4. The van der Waals surface area contributed by atoms with Crippen LogP contribution in [0.25, 0.3) is 5.69 Å². The Labute approximate surface area is 180 Å². The number of rotatable bonds is 8. The number of hydrogen-bond acceptors (Lipinski definition) is 5. The lowest BCUT2D eigenvalue weighted by atomic mass is 10.1. The van der Waals surface area contributed by atoms with Crippen molar-refractivity contribution in [3.8, 4) is 5.69 Å². The van der Waals surface area contributed by atoms with Crippen LogP contribution in [0.3, 0.4) is 0 Å². The summed E-state index contributed by atoms with van der Waals surface area (Å²) in [6.07, 6.45) is 9.42. The average molecular weight is 419 g/mol. The monoisotopic (exact) mass is 419 g/mol. The zero-order chi connectivity index (χ0) is 21.5. The van der Waals surface area contributed by atoms with Gasteiger partial charge in [0.15, 0.2) is 0 Å². The van der Waals surface area contributed by atoms with E-state index in [0.717, 1.165) is 30.5 Å². The minimum absolute atomic E-state index is 0.0485. The molecule has 1 aliphatic heterocycles. The number of pyridine rings is 1. The fourth-order valence-corrected chi connectivity index (χ4v) is 3.42. The topological polar surface area (TPSA) is 98.1 Å². The maximum atomic E-state index is 12.4. The molecule has 0 spiro atoms. The van der Waals surface area contributed by atoms with Crippen molar-refractivity contribution in [2.45, 2.75) is 19.3 Å². The summed E-state index contributed by atoms with van der Waals surface area (Å²) >= 11 is 0. The average Bonchev–Trinajstić information content (AvgIpc) is 3.50. The number of anilines is 1. The van der Waals surface area contributed by atoms with Gasteiger partial charge in [-0.15, -0.1) is 0 Å². The van der Waals surface area contributed by atoms with Crippen LogP contribution in [0.1, 0.15) is 28.8 Å². The second kappa shape index (κ2) is 9.99. The molecule has 3 aromatic rings. The number of amides is 2. The highest BCUT2D eigenvalue weighted by Gasteiger charge is 2.23. The zero-order valence-corrected chi connectivity index (χ0v) is 17.2. The van der Waals surface area contributed by atoms with Crippen LogP contribution in [0.2, 0.25) is 0 Å². The molecule has 0 saturated carbocycles.